The summed E-state index contributed by atoms with van der Waals surface area (Å²) in [5.41, 5.74) is 1.40. The number of esters is 1. The van der Waals surface area contributed by atoms with Crippen LogP contribution in [-0.4, -0.2) is 92.1 Å². The lowest BCUT2D eigenvalue weighted by molar-refractivity contribution is -0.149. The molecule has 2 fully saturated rings. The molecule has 1 aromatic rings. The molecule has 0 amide bonds. The molecule has 0 aromatic heterocycles. The number of rotatable bonds is 9. The van der Waals surface area contributed by atoms with E-state index in [1.54, 1.807) is 0 Å². The number of halogens is 1. The van der Waals surface area contributed by atoms with E-state index in [4.69, 9.17) is 9.73 Å². The van der Waals surface area contributed by atoms with Gasteiger partial charge < -0.3 is 19.9 Å². The summed E-state index contributed by atoms with van der Waals surface area (Å²) in [5.74, 6) is 0.982. The zero-order chi connectivity index (χ0) is 22.6. The second kappa shape index (κ2) is 15.5. The molecule has 0 aliphatic carbocycles. The summed E-state index contributed by atoms with van der Waals surface area (Å²) in [6.07, 6.45) is 2.76. The van der Waals surface area contributed by atoms with Crippen LogP contribution >= 0.6 is 24.0 Å². The Morgan fingerprint density at radius 3 is 2.33 bits per heavy atom. The molecule has 3 rings (SSSR count). The number of piperazine rings is 1. The minimum Gasteiger partial charge on any atom is -0.466 e. The van der Waals surface area contributed by atoms with Crippen LogP contribution in [0.25, 0.3) is 0 Å². The minimum absolute atomic E-state index is 0. The van der Waals surface area contributed by atoms with Gasteiger partial charge in [0.25, 0.3) is 0 Å². The number of likely N-dealkylation sites (tertiary alicyclic amines) is 1. The van der Waals surface area contributed by atoms with Crippen molar-refractivity contribution in [2.45, 2.75) is 39.7 Å². The number of nitrogens with zero attached hydrogens (tertiary/aromatic N) is 4. The maximum atomic E-state index is 12.0. The van der Waals surface area contributed by atoms with Crippen molar-refractivity contribution in [2.24, 2.45) is 10.9 Å². The predicted octanol–water partition coefficient (Wildman–Crippen LogP) is 3.05. The van der Waals surface area contributed by atoms with E-state index < -0.39 is 0 Å². The van der Waals surface area contributed by atoms with Crippen molar-refractivity contribution in [3.05, 3.63) is 35.9 Å². The summed E-state index contributed by atoms with van der Waals surface area (Å²) in [4.78, 5) is 24.3. The fourth-order valence-electron chi connectivity index (χ4n) is 4.50. The number of piperidine rings is 1. The summed E-state index contributed by atoms with van der Waals surface area (Å²) in [5, 5.41) is 3.43. The SMILES string of the molecule is CCNC(=NCCCN1CCN(Cc2ccccc2)CC1)N1CCC(C(=O)OCC)CC1.I. The highest BCUT2D eigenvalue weighted by atomic mass is 127. The van der Waals surface area contributed by atoms with Crippen LogP contribution in [0, 0.1) is 5.92 Å². The van der Waals surface area contributed by atoms with Crippen LogP contribution in [0.5, 0.6) is 0 Å². The van der Waals surface area contributed by atoms with Crippen molar-refractivity contribution in [1.29, 1.82) is 0 Å². The number of carbonyl (C=O) groups excluding carboxylic acids is 1. The van der Waals surface area contributed by atoms with E-state index in [1.807, 2.05) is 6.92 Å². The van der Waals surface area contributed by atoms with Crippen LogP contribution < -0.4 is 5.32 Å². The molecule has 2 aliphatic rings. The number of aliphatic imine (C=N–C) groups is 1. The molecular formula is C25H42IN5O2. The molecular weight excluding hydrogens is 529 g/mol. The third kappa shape index (κ3) is 9.41. The number of guanidine groups is 1. The molecule has 0 unspecified atom stereocenters. The zero-order valence-electron chi connectivity index (χ0n) is 20.4. The van der Waals surface area contributed by atoms with E-state index in [-0.39, 0.29) is 35.9 Å². The first-order valence-electron chi connectivity index (χ1n) is 12.4. The molecule has 2 saturated heterocycles. The summed E-state index contributed by atoms with van der Waals surface area (Å²) in [7, 11) is 0. The van der Waals surface area contributed by atoms with Gasteiger partial charge in [0.05, 0.1) is 12.5 Å². The molecule has 0 spiro atoms. The van der Waals surface area contributed by atoms with Crippen molar-refractivity contribution < 1.29 is 9.53 Å². The molecule has 8 heteroatoms. The highest BCUT2D eigenvalue weighted by Gasteiger charge is 2.27. The van der Waals surface area contributed by atoms with E-state index in [1.165, 1.54) is 5.56 Å². The summed E-state index contributed by atoms with van der Waals surface area (Å²) >= 11 is 0. The summed E-state index contributed by atoms with van der Waals surface area (Å²) in [6, 6.07) is 10.8. The van der Waals surface area contributed by atoms with Crippen LogP contribution in [-0.2, 0) is 16.1 Å². The molecule has 1 aromatic carbocycles. The first-order valence-corrected chi connectivity index (χ1v) is 12.4. The second-order valence-electron chi connectivity index (χ2n) is 8.71. The van der Waals surface area contributed by atoms with Gasteiger partial charge in [-0.1, -0.05) is 30.3 Å². The molecule has 7 nitrogen and oxygen atoms in total. The van der Waals surface area contributed by atoms with Gasteiger partial charge in [-0.2, -0.15) is 0 Å². The Morgan fingerprint density at radius 2 is 1.70 bits per heavy atom. The highest BCUT2D eigenvalue weighted by Crippen LogP contribution is 2.19. The van der Waals surface area contributed by atoms with Gasteiger partial charge in [-0.15, -0.1) is 24.0 Å². The van der Waals surface area contributed by atoms with Crippen molar-refractivity contribution >= 4 is 35.9 Å². The number of nitrogens with one attached hydrogen (secondary N) is 1. The first-order chi connectivity index (χ1) is 15.7. The Kier molecular flexibility index (Phi) is 13.1. The van der Waals surface area contributed by atoms with Gasteiger partial charge in [0.15, 0.2) is 5.96 Å². The molecule has 0 atom stereocenters. The summed E-state index contributed by atoms with van der Waals surface area (Å²) < 4.78 is 5.19. The molecule has 186 valence electrons. The quantitative estimate of drug-likeness (QED) is 0.162. The molecule has 2 aliphatic heterocycles. The van der Waals surface area contributed by atoms with Gasteiger partial charge in [0, 0.05) is 65.4 Å². The molecule has 0 bridgehead atoms. The van der Waals surface area contributed by atoms with E-state index in [2.05, 4.69) is 57.3 Å². The lowest BCUT2D eigenvalue weighted by atomic mass is 9.97. The molecule has 0 radical (unpaired) electrons. The standard InChI is InChI=1S/C25H41N5O2.HI/c1-3-26-25(30-15-11-23(12-16-30)24(31)32-4-2)27-13-8-14-28-17-19-29(20-18-28)21-22-9-6-5-7-10-22;/h5-7,9-10,23H,3-4,8,11-21H2,1-2H3,(H,26,27);1H. The first kappa shape index (κ1) is 27.9. The second-order valence-corrected chi connectivity index (χ2v) is 8.71. The maximum Gasteiger partial charge on any atom is 0.309 e. The lowest BCUT2D eigenvalue weighted by Crippen LogP contribution is -2.47. The fraction of sp³-hybridized carbons (Fsp3) is 0.680. The van der Waals surface area contributed by atoms with Crippen molar-refractivity contribution in [3.63, 3.8) is 0 Å². The Balaban J connectivity index is 0.00000385. The predicted molar refractivity (Wildman–Crippen MR) is 145 cm³/mol. The number of carbonyl (C=O) groups is 1. The lowest BCUT2D eigenvalue weighted by Gasteiger charge is -2.35. The van der Waals surface area contributed by atoms with Gasteiger partial charge in [-0.05, 0) is 38.7 Å². The van der Waals surface area contributed by atoms with Crippen LogP contribution in [0.15, 0.2) is 35.3 Å². The highest BCUT2D eigenvalue weighted by molar-refractivity contribution is 14.0. The van der Waals surface area contributed by atoms with Crippen LogP contribution in [0.1, 0.15) is 38.7 Å². The third-order valence-electron chi connectivity index (χ3n) is 6.36. The van der Waals surface area contributed by atoms with Crippen LogP contribution in [0.2, 0.25) is 0 Å². The van der Waals surface area contributed by atoms with Crippen LogP contribution in [0.4, 0.5) is 0 Å². The fourth-order valence-corrected chi connectivity index (χ4v) is 4.50. The Labute approximate surface area is 216 Å². The van der Waals surface area contributed by atoms with Gasteiger partial charge in [0.2, 0.25) is 0 Å². The molecule has 1 N–H and O–H groups in total. The van der Waals surface area contributed by atoms with E-state index in [0.717, 1.165) is 90.7 Å². The zero-order valence-corrected chi connectivity index (χ0v) is 22.7. The maximum absolute atomic E-state index is 12.0. The topological polar surface area (TPSA) is 60.4 Å². The van der Waals surface area contributed by atoms with E-state index >= 15 is 0 Å². The normalized spacial score (nSPS) is 18.6. The Morgan fingerprint density at radius 1 is 1.03 bits per heavy atom. The molecule has 33 heavy (non-hydrogen) atoms. The van der Waals surface area contributed by atoms with Gasteiger partial charge >= 0.3 is 5.97 Å². The number of hydrogen-bond acceptors (Lipinski definition) is 5. The number of ether oxygens (including phenoxy) is 1. The minimum atomic E-state index is -0.0436. The monoisotopic (exact) mass is 571 g/mol. The third-order valence-corrected chi connectivity index (χ3v) is 6.36. The van der Waals surface area contributed by atoms with Gasteiger partial charge in [-0.3, -0.25) is 14.7 Å². The smallest absolute Gasteiger partial charge is 0.309 e. The molecule has 2 heterocycles. The largest absolute Gasteiger partial charge is 0.466 e. The summed E-state index contributed by atoms with van der Waals surface area (Å²) in [6.45, 7) is 14.6. The van der Waals surface area contributed by atoms with Crippen molar-refractivity contribution in [3.8, 4) is 0 Å². The van der Waals surface area contributed by atoms with Crippen molar-refractivity contribution in [2.75, 3.05) is 65.5 Å². The number of hydrogen-bond donors (Lipinski definition) is 1. The Bertz CT molecular complexity index is 702. The van der Waals surface area contributed by atoms with E-state index in [9.17, 15) is 4.79 Å². The van der Waals surface area contributed by atoms with E-state index in [0.29, 0.717) is 6.61 Å². The average molecular weight is 572 g/mol. The van der Waals surface area contributed by atoms with Gasteiger partial charge in [-0.25, -0.2) is 0 Å². The van der Waals surface area contributed by atoms with Crippen molar-refractivity contribution in [1.82, 2.24) is 20.0 Å². The molecule has 0 saturated carbocycles. The van der Waals surface area contributed by atoms with Crippen LogP contribution in [0.3, 0.4) is 0 Å². The average Bonchev–Trinajstić information content (AvgIpc) is 2.83. The van der Waals surface area contributed by atoms with Gasteiger partial charge in [0.1, 0.15) is 0 Å². The Hall–Kier alpha value is -1.39. The number of benzene rings is 1.